The lowest BCUT2D eigenvalue weighted by molar-refractivity contribution is -0.384. The van der Waals surface area contributed by atoms with Gasteiger partial charge in [0.2, 0.25) is 0 Å². The maximum absolute atomic E-state index is 12.2. The monoisotopic (exact) mass is 344 g/mol. The van der Waals surface area contributed by atoms with Crippen LogP contribution in [0.5, 0.6) is 0 Å². The number of carbonyl (C=O) groups excluding carboxylic acids is 1. The number of nitrogens with zero attached hydrogens (tertiary/aromatic N) is 4. The largest absolute Gasteiger partial charge is 0.374 e. The fourth-order valence-corrected chi connectivity index (χ4v) is 2.48. The molecule has 3 N–H and O–H groups in total. The molecule has 0 aliphatic carbocycles. The SMILES string of the molecule is N#C/C(=C/N1CCN(CCN)CC1)C(=O)Nc1ccc([N+](=O)[O-])cc1. The number of nitro groups is 1. The van der Waals surface area contributed by atoms with Gasteiger partial charge in [0.25, 0.3) is 11.6 Å². The topological polar surface area (TPSA) is 129 Å². The molecular formula is C16H20N6O3. The van der Waals surface area contributed by atoms with E-state index in [2.05, 4.69) is 10.2 Å². The molecular weight excluding hydrogens is 324 g/mol. The van der Waals surface area contributed by atoms with Gasteiger partial charge in [0.05, 0.1) is 4.92 Å². The number of non-ortho nitro benzene ring substituents is 1. The standard InChI is InChI=1S/C16H20N6O3/c17-5-6-20-7-9-21(10-8-20)12-13(11-18)16(23)19-14-1-3-15(4-2-14)22(24)25/h1-4,12H,5-10,17H2,(H,19,23)/b13-12-. The van der Waals surface area contributed by atoms with Crippen molar-refractivity contribution in [1.29, 1.82) is 5.26 Å². The van der Waals surface area contributed by atoms with Crippen LogP contribution in [0.3, 0.4) is 0 Å². The van der Waals surface area contributed by atoms with Gasteiger partial charge in [-0.25, -0.2) is 0 Å². The number of benzene rings is 1. The van der Waals surface area contributed by atoms with Gasteiger partial charge in [-0.2, -0.15) is 5.26 Å². The van der Waals surface area contributed by atoms with Crippen LogP contribution in [0, 0.1) is 21.4 Å². The third kappa shape index (κ3) is 5.27. The number of hydrogen-bond acceptors (Lipinski definition) is 7. The molecule has 0 spiro atoms. The number of piperazine rings is 1. The van der Waals surface area contributed by atoms with Crippen molar-refractivity contribution in [2.24, 2.45) is 5.73 Å². The lowest BCUT2D eigenvalue weighted by Gasteiger charge is -2.33. The zero-order chi connectivity index (χ0) is 18.2. The van der Waals surface area contributed by atoms with Crippen LogP contribution < -0.4 is 11.1 Å². The number of amides is 1. The summed E-state index contributed by atoms with van der Waals surface area (Å²) in [5.74, 6) is -0.541. The van der Waals surface area contributed by atoms with Crippen molar-refractivity contribution in [3.63, 3.8) is 0 Å². The molecule has 1 aromatic rings. The number of rotatable bonds is 6. The number of nitrogens with one attached hydrogen (secondary N) is 1. The molecule has 9 heteroatoms. The Morgan fingerprint density at radius 2 is 1.96 bits per heavy atom. The van der Waals surface area contributed by atoms with Gasteiger partial charge in [0, 0.05) is 63.3 Å². The Hall–Kier alpha value is -2.96. The second-order valence-corrected chi connectivity index (χ2v) is 5.58. The highest BCUT2D eigenvalue weighted by atomic mass is 16.6. The summed E-state index contributed by atoms with van der Waals surface area (Å²) in [7, 11) is 0. The molecule has 9 nitrogen and oxygen atoms in total. The average molecular weight is 344 g/mol. The molecule has 1 aromatic carbocycles. The van der Waals surface area contributed by atoms with Crippen LogP contribution in [-0.4, -0.2) is 59.9 Å². The van der Waals surface area contributed by atoms with Crippen LogP contribution in [0.1, 0.15) is 0 Å². The first-order chi connectivity index (χ1) is 12.0. The summed E-state index contributed by atoms with van der Waals surface area (Å²) < 4.78 is 0. The van der Waals surface area contributed by atoms with E-state index in [1.54, 1.807) is 6.20 Å². The summed E-state index contributed by atoms with van der Waals surface area (Å²) >= 11 is 0. The van der Waals surface area contributed by atoms with Crippen LogP contribution in [-0.2, 0) is 4.79 Å². The molecule has 1 aliphatic rings. The molecule has 1 amide bonds. The van der Waals surface area contributed by atoms with Crippen molar-refractivity contribution < 1.29 is 9.72 Å². The van der Waals surface area contributed by atoms with Crippen LogP contribution >= 0.6 is 0 Å². The second kappa shape index (κ2) is 8.77. The van der Waals surface area contributed by atoms with E-state index in [1.807, 2.05) is 11.0 Å². The average Bonchev–Trinajstić information content (AvgIpc) is 2.61. The van der Waals surface area contributed by atoms with Gasteiger partial charge in [-0.3, -0.25) is 19.8 Å². The fourth-order valence-electron chi connectivity index (χ4n) is 2.48. The molecule has 25 heavy (non-hydrogen) atoms. The van der Waals surface area contributed by atoms with Crippen LogP contribution in [0.25, 0.3) is 0 Å². The summed E-state index contributed by atoms with van der Waals surface area (Å²) in [6.45, 7) is 4.54. The molecule has 0 radical (unpaired) electrons. The van der Waals surface area contributed by atoms with E-state index in [4.69, 9.17) is 5.73 Å². The minimum atomic E-state index is -0.541. The normalized spacial score (nSPS) is 15.5. The molecule has 1 saturated heterocycles. The van der Waals surface area contributed by atoms with Gasteiger partial charge in [0.15, 0.2) is 0 Å². The van der Waals surface area contributed by atoms with Gasteiger partial charge < -0.3 is 16.0 Å². The Balaban J connectivity index is 1.96. The summed E-state index contributed by atoms with van der Waals surface area (Å²) in [5.41, 5.74) is 5.85. The van der Waals surface area contributed by atoms with Crippen molar-refractivity contribution in [3.8, 4) is 6.07 Å². The van der Waals surface area contributed by atoms with E-state index in [-0.39, 0.29) is 11.3 Å². The lowest BCUT2D eigenvalue weighted by atomic mass is 10.2. The zero-order valence-corrected chi connectivity index (χ0v) is 13.7. The molecule has 132 valence electrons. The number of nitro benzene ring substituents is 1. The van der Waals surface area contributed by atoms with Crippen molar-refractivity contribution in [1.82, 2.24) is 9.80 Å². The van der Waals surface area contributed by atoms with E-state index in [0.29, 0.717) is 12.2 Å². The summed E-state index contributed by atoms with van der Waals surface area (Å²) in [6, 6.07) is 7.34. The number of carbonyl (C=O) groups is 1. The number of nitriles is 1. The number of hydrogen-bond donors (Lipinski definition) is 2. The molecule has 2 rings (SSSR count). The predicted octanol–water partition coefficient (Wildman–Crippen LogP) is 0.517. The molecule has 0 bridgehead atoms. The summed E-state index contributed by atoms with van der Waals surface area (Å²) in [4.78, 5) is 26.5. The van der Waals surface area contributed by atoms with E-state index in [1.165, 1.54) is 24.3 Å². The van der Waals surface area contributed by atoms with Gasteiger partial charge in [-0.1, -0.05) is 0 Å². The highest BCUT2D eigenvalue weighted by Crippen LogP contribution is 2.16. The molecule has 1 heterocycles. The van der Waals surface area contributed by atoms with Crippen molar-refractivity contribution in [3.05, 3.63) is 46.2 Å². The molecule has 1 fully saturated rings. The first kappa shape index (κ1) is 18.4. The second-order valence-electron chi connectivity index (χ2n) is 5.58. The first-order valence-electron chi connectivity index (χ1n) is 7.87. The third-order valence-corrected chi connectivity index (χ3v) is 3.86. The van der Waals surface area contributed by atoms with E-state index in [0.717, 1.165) is 32.7 Å². The van der Waals surface area contributed by atoms with Gasteiger partial charge >= 0.3 is 0 Å². The quantitative estimate of drug-likeness (QED) is 0.333. The van der Waals surface area contributed by atoms with Crippen molar-refractivity contribution in [2.75, 3.05) is 44.6 Å². The van der Waals surface area contributed by atoms with E-state index >= 15 is 0 Å². The Morgan fingerprint density at radius 1 is 1.32 bits per heavy atom. The van der Waals surface area contributed by atoms with Gasteiger partial charge in [-0.05, 0) is 12.1 Å². The van der Waals surface area contributed by atoms with Crippen molar-refractivity contribution >= 4 is 17.3 Å². The zero-order valence-electron chi connectivity index (χ0n) is 13.7. The molecule has 0 atom stereocenters. The highest BCUT2D eigenvalue weighted by Gasteiger charge is 2.17. The Labute approximate surface area is 145 Å². The lowest BCUT2D eigenvalue weighted by Crippen LogP contribution is -2.45. The molecule has 0 aromatic heterocycles. The Morgan fingerprint density at radius 3 is 2.48 bits per heavy atom. The molecule has 0 saturated carbocycles. The number of anilines is 1. The number of nitrogens with two attached hydrogens (primary N) is 1. The van der Waals surface area contributed by atoms with Crippen molar-refractivity contribution in [2.45, 2.75) is 0 Å². The van der Waals surface area contributed by atoms with Crippen LogP contribution in [0.15, 0.2) is 36.0 Å². The summed E-state index contributed by atoms with van der Waals surface area (Å²) in [6.07, 6.45) is 1.56. The van der Waals surface area contributed by atoms with Gasteiger partial charge in [-0.15, -0.1) is 0 Å². The fraction of sp³-hybridized carbons (Fsp3) is 0.375. The maximum atomic E-state index is 12.2. The highest BCUT2D eigenvalue weighted by molar-refractivity contribution is 6.06. The Bertz CT molecular complexity index is 687. The van der Waals surface area contributed by atoms with E-state index < -0.39 is 10.8 Å². The third-order valence-electron chi connectivity index (χ3n) is 3.86. The van der Waals surface area contributed by atoms with E-state index in [9.17, 15) is 20.2 Å². The maximum Gasteiger partial charge on any atom is 0.269 e. The smallest absolute Gasteiger partial charge is 0.269 e. The minimum Gasteiger partial charge on any atom is -0.374 e. The Kier molecular flexibility index (Phi) is 6.45. The molecule has 0 unspecified atom stereocenters. The first-order valence-corrected chi connectivity index (χ1v) is 7.87. The predicted molar refractivity (Wildman–Crippen MR) is 92.5 cm³/mol. The molecule has 1 aliphatic heterocycles. The van der Waals surface area contributed by atoms with Crippen LogP contribution in [0.4, 0.5) is 11.4 Å². The van der Waals surface area contributed by atoms with Crippen LogP contribution in [0.2, 0.25) is 0 Å². The summed E-state index contributed by atoms with van der Waals surface area (Å²) in [5, 5.41) is 22.4. The minimum absolute atomic E-state index is 0.00868. The van der Waals surface area contributed by atoms with Gasteiger partial charge in [0.1, 0.15) is 11.6 Å².